The van der Waals surface area contributed by atoms with Crippen LogP contribution in [0.25, 0.3) is 11.3 Å². The number of nitrogens with zero attached hydrogens (tertiary/aromatic N) is 4. The zero-order valence-corrected chi connectivity index (χ0v) is 16.1. The Bertz CT molecular complexity index is 944. The van der Waals surface area contributed by atoms with E-state index in [1.807, 2.05) is 12.1 Å². The van der Waals surface area contributed by atoms with Crippen molar-refractivity contribution in [1.82, 2.24) is 19.9 Å². The van der Waals surface area contributed by atoms with Gasteiger partial charge >= 0.3 is 0 Å². The lowest BCUT2D eigenvalue weighted by atomic mass is 10.0. The largest absolute Gasteiger partial charge is 0.360 e. The standard InChI is InChI=1S/C21H25N5O2/c1-3-16-8-18(24-13-23-16)15-7-19(21(28)22-9-15)26(10-14-5-6-14)17-11-25(12-17)20(27)4-2/h4,7-9,13-14,17H,2-3,5-6,10-12H2,1H3,(H,22,28). The Labute approximate surface area is 164 Å². The quantitative estimate of drug-likeness (QED) is 0.744. The molecule has 28 heavy (non-hydrogen) atoms. The van der Waals surface area contributed by atoms with Crippen LogP contribution in [-0.2, 0) is 11.2 Å². The molecule has 1 saturated carbocycles. The molecule has 0 bridgehead atoms. The molecule has 0 spiro atoms. The van der Waals surface area contributed by atoms with Crippen LogP contribution in [0, 0.1) is 5.92 Å². The molecule has 4 rings (SSSR count). The van der Waals surface area contributed by atoms with Crippen molar-refractivity contribution >= 4 is 11.6 Å². The Morgan fingerprint density at radius 2 is 2.14 bits per heavy atom. The van der Waals surface area contributed by atoms with Crippen molar-refractivity contribution in [3.05, 3.63) is 53.4 Å². The Hall–Kier alpha value is -2.96. The van der Waals surface area contributed by atoms with Crippen molar-refractivity contribution in [1.29, 1.82) is 0 Å². The second-order valence-corrected chi connectivity index (χ2v) is 7.55. The first-order valence-corrected chi connectivity index (χ1v) is 9.81. The number of carbonyl (C=O) groups excluding carboxylic acids is 1. The summed E-state index contributed by atoms with van der Waals surface area (Å²) in [6.45, 7) is 7.69. The average Bonchev–Trinajstić information content (AvgIpc) is 3.50. The van der Waals surface area contributed by atoms with E-state index >= 15 is 0 Å². The van der Waals surface area contributed by atoms with Crippen molar-refractivity contribution in [3.63, 3.8) is 0 Å². The molecule has 1 aliphatic heterocycles. The van der Waals surface area contributed by atoms with Gasteiger partial charge in [0.05, 0.1) is 11.7 Å². The Morgan fingerprint density at radius 3 is 2.82 bits per heavy atom. The molecule has 0 atom stereocenters. The molecule has 0 aromatic carbocycles. The number of carbonyl (C=O) groups is 1. The fraction of sp³-hybridized carbons (Fsp3) is 0.429. The van der Waals surface area contributed by atoms with Gasteiger partial charge < -0.3 is 14.8 Å². The fourth-order valence-corrected chi connectivity index (χ4v) is 3.57. The summed E-state index contributed by atoms with van der Waals surface area (Å²) in [6.07, 6.45) is 7.83. The maximum absolute atomic E-state index is 12.7. The van der Waals surface area contributed by atoms with Gasteiger partial charge in [0.1, 0.15) is 12.0 Å². The second-order valence-electron chi connectivity index (χ2n) is 7.55. The molecule has 0 radical (unpaired) electrons. The molecule has 2 fully saturated rings. The molecular formula is C21H25N5O2. The summed E-state index contributed by atoms with van der Waals surface area (Å²) in [5, 5.41) is 0. The first-order chi connectivity index (χ1) is 13.6. The number of hydrogen-bond acceptors (Lipinski definition) is 5. The van der Waals surface area contributed by atoms with E-state index in [-0.39, 0.29) is 17.5 Å². The molecule has 1 aliphatic carbocycles. The minimum atomic E-state index is -0.109. The maximum Gasteiger partial charge on any atom is 0.271 e. The Morgan fingerprint density at radius 1 is 1.36 bits per heavy atom. The highest BCUT2D eigenvalue weighted by Crippen LogP contribution is 2.33. The summed E-state index contributed by atoms with van der Waals surface area (Å²) >= 11 is 0. The number of hydrogen-bond donors (Lipinski definition) is 1. The Balaban J connectivity index is 1.63. The fourth-order valence-electron chi connectivity index (χ4n) is 3.57. The van der Waals surface area contributed by atoms with Crippen molar-refractivity contribution in [2.24, 2.45) is 5.92 Å². The van der Waals surface area contributed by atoms with E-state index in [4.69, 9.17) is 0 Å². The topological polar surface area (TPSA) is 82.2 Å². The molecule has 7 nitrogen and oxygen atoms in total. The number of pyridine rings is 1. The third-order valence-electron chi connectivity index (χ3n) is 5.52. The van der Waals surface area contributed by atoms with E-state index in [0.29, 0.717) is 24.7 Å². The van der Waals surface area contributed by atoms with Gasteiger partial charge in [-0.1, -0.05) is 13.5 Å². The van der Waals surface area contributed by atoms with Crippen molar-refractivity contribution < 1.29 is 4.79 Å². The lowest BCUT2D eigenvalue weighted by molar-refractivity contribution is -0.130. The number of likely N-dealkylation sites (tertiary alicyclic amines) is 1. The third kappa shape index (κ3) is 3.69. The highest BCUT2D eigenvalue weighted by Gasteiger charge is 2.37. The van der Waals surface area contributed by atoms with E-state index in [1.54, 1.807) is 17.4 Å². The number of H-pyrrole nitrogens is 1. The molecule has 3 heterocycles. The van der Waals surface area contributed by atoms with Crippen LogP contribution < -0.4 is 10.5 Å². The van der Waals surface area contributed by atoms with Crippen LogP contribution in [0.4, 0.5) is 5.69 Å². The minimum Gasteiger partial charge on any atom is -0.360 e. The SMILES string of the molecule is C=CC(=O)N1CC(N(CC2CC2)c2cc(-c3cc(CC)ncn3)c[nH]c2=O)C1. The molecule has 0 unspecified atom stereocenters. The average molecular weight is 379 g/mol. The van der Waals surface area contributed by atoms with Gasteiger partial charge in [-0.2, -0.15) is 0 Å². The van der Waals surface area contributed by atoms with Crippen LogP contribution in [0.2, 0.25) is 0 Å². The molecule has 2 aliphatic rings. The number of anilines is 1. The lowest BCUT2D eigenvalue weighted by Gasteiger charge is -2.46. The minimum absolute atomic E-state index is 0.0571. The highest BCUT2D eigenvalue weighted by atomic mass is 16.2. The van der Waals surface area contributed by atoms with Crippen molar-refractivity contribution in [3.8, 4) is 11.3 Å². The predicted molar refractivity (Wildman–Crippen MR) is 108 cm³/mol. The van der Waals surface area contributed by atoms with Crippen LogP contribution in [-0.4, -0.2) is 51.4 Å². The predicted octanol–water partition coefficient (Wildman–Crippen LogP) is 2.01. The van der Waals surface area contributed by atoms with Gasteiger partial charge in [0.2, 0.25) is 5.91 Å². The summed E-state index contributed by atoms with van der Waals surface area (Å²) in [5.74, 6) is 0.566. The summed E-state index contributed by atoms with van der Waals surface area (Å²) < 4.78 is 0. The second kappa shape index (κ2) is 7.58. The van der Waals surface area contributed by atoms with Crippen LogP contribution in [0.5, 0.6) is 0 Å². The molecule has 146 valence electrons. The molecular weight excluding hydrogens is 354 g/mol. The van der Waals surface area contributed by atoms with E-state index in [1.165, 1.54) is 18.9 Å². The maximum atomic E-state index is 12.7. The van der Waals surface area contributed by atoms with E-state index in [9.17, 15) is 9.59 Å². The number of aromatic nitrogens is 3. The zero-order valence-electron chi connectivity index (χ0n) is 16.1. The number of aromatic amines is 1. The smallest absolute Gasteiger partial charge is 0.271 e. The van der Waals surface area contributed by atoms with E-state index < -0.39 is 0 Å². The molecule has 7 heteroatoms. The molecule has 1 saturated heterocycles. The molecule has 1 amide bonds. The van der Waals surface area contributed by atoms with Gasteiger partial charge in [0.25, 0.3) is 5.56 Å². The summed E-state index contributed by atoms with van der Waals surface area (Å²) in [7, 11) is 0. The van der Waals surface area contributed by atoms with E-state index in [0.717, 1.165) is 29.9 Å². The summed E-state index contributed by atoms with van der Waals surface area (Å²) in [4.78, 5) is 39.9. The van der Waals surface area contributed by atoms with Crippen LogP contribution in [0.1, 0.15) is 25.5 Å². The van der Waals surface area contributed by atoms with E-state index in [2.05, 4.69) is 33.4 Å². The van der Waals surface area contributed by atoms with Crippen molar-refractivity contribution in [2.45, 2.75) is 32.2 Å². The van der Waals surface area contributed by atoms with Gasteiger partial charge in [0.15, 0.2) is 0 Å². The normalized spacial score (nSPS) is 16.5. The summed E-state index contributed by atoms with van der Waals surface area (Å²) in [5.41, 5.74) is 3.17. The van der Waals surface area contributed by atoms with Gasteiger partial charge in [-0.3, -0.25) is 9.59 Å². The number of nitrogens with one attached hydrogen (secondary N) is 1. The number of aryl methyl sites for hydroxylation is 1. The zero-order chi connectivity index (χ0) is 19.7. The van der Waals surface area contributed by atoms with Gasteiger partial charge in [-0.15, -0.1) is 0 Å². The first-order valence-electron chi connectivity index (χ1n) is 9.81. The number of amides is 1. The molecule has 2 aromatic heterocycles. The van der Waals surface area contributed by atoms with Gasteiger partial charge in [0, 0.05) is 37.1 Å². The van der Waals surface area contributed by atoms with Gasteiger partial charge in [-0.05, 0) is 43.4 Å². The lowest BCUT2D eigenvalue weighted by Crippen LogP contribution is -2.62. The van der Waals surface area contributed by atoms with Crippen LogP contribution in [0.3, 0.4) is 0 Å². The van der Waals surface area contributed by atoms with Gasteiger partial charge in [-0.25, -0.2) is 9.97 Å². The monoisotopic (exact) mass is 379 g/mol. The highest BCUT2D eigenvalue weighted by molar-refractivity contribution is 5.87. The molecule has 2 aromatic rings. The first kappa shape index (κ1) is 18.4. The number of rotatable bonds is 7. The molecule has 1 N–H and O–H groups in total. The van der Waals surface area contributed by atoms with Crippen LogP contribution in [0.15, 0.2) is 42.1 Å². The summed E-state index contributed by atoms with van der Waals surface area (Å²) in [6, 6.07) is 4.02. The third-order valence-corrected chi connectivity index (χ3v) is 5.52. The van der Waals surface area contributed by atoms with Crippen LogP contribution >= 0.6 is 0 Å². The Kier molecular flexibility index (Phi) is 4.98. The van der Waals surface area contributed by atoms with Crippen molar-refractivity contribution in [2.75, 3.05) is 24.5 Å².